The maximum Gasteiger partial charge on any atom is 0.0314 e. The third kappa shape index (κ3) is 2.56. The van der Waals surface area contributed by atoms with Crippen LogP contribution in [0.4, 0.5) is 5.69 Å². The van der Waals surface area contributed by atoms with Crippen LogP contribution >= 0.6 is 0 Å². The second-order valence-corrected chi connectivity index (χ2v) is 6.83. The molecular weight excluding hydrogens is 326 g/mol. The summed E-state index contributed by atoms with van der Waals surface area (Å²) >= 11 is 0. The van der Waals surface area contributed by atoms with Gasteiger partial charge in [-0.25, -0.2) is 0 Å². The van der Waals surface area contributed by atoms with E-state index < -0.39 is 0 Å². The Labute approximate surface area is 158 Å². The fourth-order valence-electron chi connectivity index (χ4n) is 4.01. The van der Waals surface area contributed by atoms with Gasteiger partial charge < -0.3 is 5.73 Å². The number of hydrogen-bond acceptors (Lipinski definition) is 1. The van der Waals surface area contributed by atoms with Crippen LogP contribution in [-0.2, 0) is 0 Å². The molecule has 0 aliphatic carbocycles. The van der Waals surface area contributed by atoms with Crippen molar-refractivity contribution in [1.82, 2.24) is 0 Å². The standard InChI is InChI=1S/C26H19N/c27-20-16-14-19(15-17-20)26-23-12-6-4-10-21(23)25(18-8-2-1-3-9-18)22-11-5-7-13-24(22)26/h1-17H,27H2. The second-order valence-electron chi connectivity index (χ2n) is 6.83. The fraction of sp³-hybridized carbons (Fsp3) is 0. The average molecular weight is 345 g/mol. The van der Waals surface area contributed by atoms with Crippen LogP contribution in [0.3, 0.4) is 0 Å². The van der Waals surface area contributed by atoms with E-state index in [0.29, 0.717) is 0 Å². The lowest BCUT2D eigenvalue weighted by Gasteiger charge is -2.17. The predicted molar refractivity (Wildman–Crippen MR) is 117 cm³/mol. The number of nitrogens with two attached hydrogens (primary N) is 1. The molecule has 0 amide bonds. The molecule has 5 rings (SSSR count). The van der Waals surface area contributed by atoms with Gasteiger partial charge in [-0.3, -0.25) is 0 Å². The number of rotatable bonds is 2. The molecular formula is C26H19N. The number of benzene rings is 5. The van der Waals surface area contributed by atoms with Gasteiger partial charge in [0, 0.05) is 5.69 Å². The summed E-state index contributed by atoms with van der Waals surface area (Å²) in [6, 6.07) is 36.2. The highest BCUT2D eigenvalue weighted by molar-refractivity contribution is 6.21. The highest BCUT2D eigenvalue weighted by Crippen LogP contribution is 2.43. The molecule has 0 aromatic heterocycles. The van der Waals surface area contributed by atoms with Crippen molar-refractivity contribution in [3.8, 4) is 22.3 Å². The fourth-order valence-corrected chi connectivity index (χ4v) is 4.01. The molecule has 0 heterocycles. The molecule has 0 bridgehead atoms. The van der Waals surface area contributed by atoms with Gasteiger partial charge in [0.2, 0.25) is 0 Å². The lowest BCUT2D eigenvalue weighted by Crippen LogP contribution is -1.91. The monoisotopic (exact) mass is 345 g/mol. The molecule has 0 aliphatic heterocycles. The molecule has 0 radical (unpaired) electrons. The summed E-state index contributed by atoms with van der Waals surface area (Å²) in [5.74, 6) is 0. The van der Waals surface area contributed by atoms with Crippen molar-refractivity contribution in [3.63, 3.8) is 0 Å². The van der Waals surface area contributed by atoms with Gasteiger partial charge in [0.05, 0.1) is 0 Å². The Balaban J connectivity index is 1.99. The summed E-state index contributed by atoms with van der Waals surface area (Å²) < 4.78 is 0. The minimum absolute atomic E-state index is 0.785. The van der Waals surface area contributed by atoms with Crippen molar-refractivity contribution in [3.05, 3.63) is 103 Å². The van der Waals surface area contributed by atoms with E-state index in [1.54, 1.807) is 0 Å². The Kier molecular flexibility index (Phi) is 3.65. The molecule has 5 aromatic carbocycles. The van der Waals surface area contributed by atoms with Crippen LogP contribution in [0.1, 0.15) is 0 Å². The molecule has 0 unspecified atom stereocenters. The summed E-state index contributed by atoms with van der Waals surface area (Å²) in [6.45, 7) is 0. The summed E-state index contributed by atoms with van der Waals surface area (Å²) in [5, 5.41) is 5.07. The van der Waals surface area contributed by atoms with Crippen LogP contribution in [0, 0.1) is 0 Å². The Bertz CT molecular complexity index is 1200. The molecule has 0 fully saturated rings. The quantitative estimate of drug-likeness (QED) is 0.273. The molecule has 1 nitrogen and oxygen atoms in total. The van der Waals surface area contributed by atoms with Gasteiger partial charge in [0.25, 0.3) is 0 Å². The summed E-state index contributed by atoms with van der Waals surface area (Å²) in [7, 11) is 0. The van der Waals surface area contributed by atoms with Gasteiger partial charge in [-0.2, -0.15) is 0 Å². The van der Waals surface area contributed by atoms with Crippen LogP contribution in [0.25, 0.3) is 43.8 Å². The van der Waals surface area contributed by atoms with E-state index in [1.165, 1.54) is 43.8 Å². The molecule has 1 heteroatoms. The summed E-state index contributed by atoms with van der Waals surface area (Å²) in [5.41, 5.74) is 11.7. The van der Waals surface area contributed by atoms with Gasteiger partial charge in [-0.15, -0.1) is 0 Å². The van der Waals surface area contributed by atoms with Crippen LogP contribution < -0.4 is 5.73 Å². The van der Waals surface area contributed by atoms with Gasteiger partial charge in [-0.05, 0) is 55.9 Å². The van der Waals surface area contributed by atoms with E-state index in [4.69, 9.17) is 5.73 Å². The van der Waals surface area contributed by atoms with E-state index in [1.807, 2.05) is 12.1 Å². The maximum atomic E-state index is 5.93. The zero-order valence-corrected chi connectivity index (χ0v) is 14.9. The summed E-state index contributed by atoms with van der Waals surface area (Å²) in [6.07, 6.45) is 0. The SMILES string of the molecule is Nc1ccc(-c2c3ccccc3c(-c3ccccc3)c3ccccc23)cc1. The lowest BCUT2D eigenvalue weighted by molar-refractivity contribution is 1.64. The molecule has 0 saturated heterocycles. The Hall–Kier alpha value is -3.58. The predicted octanol–water partition coefficient (Wildman–Crippen LogP) is 6.91. The third-order valence-electron chi connectivity index (χ3n) is 5.19. The average Bonchev–Trinajstić information content (AvgIpc) is 2.73. The van der Waals surface area contributed by atoms with E-state index >= 15 is 0 Å². The molecule has 2 N–H and O–H groups in total. The highest BCUT2D eigenvalue weighted by Gasteiger charge is 2.15. The van der Waals surface area contributed by atoms with Crippen molar-refractivity contribution in [2.75, 3.05) is 5.73 Å². The first kappa shape index (κ1) is 15.7. The van der Waals surface area contributed by atoms with Crippen LogP contribution in [0.2, 0.25) is 0 Å². The molecule has 27 heavy (non-hydrogen) atoms. The largest absolute Gasteiger partial charge is 0.399 e. The zero-order chi connectivity index (χ0) is 18.2. The van der Waals surface area contributed by atoms with Crippen LogP contribution in [0.15, 0.2) is 103 Å². The Morgan fingerprint density at radius 3 is 1.19 bits per heavy atom. The van der Waals surface area contributed by atoms with E-state index in [9.17, 15) is 0 Å². The maximum absolute atomic E-state index is 5.93. The third-order valence-corrected chi connectivity index (χ3v) is 5.19. The highest BCUT2D eigenvalue weighted by atomic mass is 14.5. The first-order valence-corrected chi connectivity index (χ1v) is 9.18. The van der Waals surface area contributed by atoms with Crippen molar-refractivity contribution >= 4 is 27.2 Å². The van der Waals surface area contributed by atoms with E-state index in [-0.39, 0.29) is 0 Å². The molecule has 5 aromatic rings. The van der Waals surface area contributed by atoms with Gasteiger partial charge in [-0.1, -0.05) is 91.0 Å². The second kappa shape index (κ2) is 6.30. The van der Waals surface area contributed by atoms with Crippen molar-refractivity contribution in [2.45, 2.75) is 0 Å². The first-order chi connectivity index (χ1) is 13.3. The zero-order valence-electron chi connectivity index (χ0n) is 14.9. The van der Waals surface area contributed by atoms with Gasteiger partial charge >= 0.3 is 0 Å². The molecule has 0 aliphatic rings. The van der Waals surface area contributed by atoms with Gasteiger partial charge in [0.1, 0.15) is 0 Å². The number of hydrogen-bond donors (Lipinski definition) is 1. The smallest absolute Gasteiger partial charge is 0.0314 e. The van der Waals surface area contributed by atoms with Crippen molar-refractivity contribution < 1.29 is 0 Å². The van der Waals surface area contributed by atoms with Crippen molar-refractivity contribution in [1.29, 1.82) is 0 Å². The van der Waals surface area contributed by atoms with Crippen molar-refractivity contribution in [2.24, 2.45) is 0 Å². The normalized spacial score (nSPS) is 11.1. The number of fused-ring (bicyclic) bond motifs is 2. The molecule has 0 saturated carbocycles. The minimum Gasteiger partial charge on any atom is -0.399 e. The Morgan fingerprint density at radius 2 is 0.741 bits per heavy atom. The van der Waals surface area contributed by atoms with E-state index in [0.717, 1.165) is 5.69 Å². The minimum atomic E-state index is 0.785. The van der Waals surface area contributed by atoms with Crippen LogP contribution in [0.5, 0.6) is 0 Å². The number of nitrogen functional groups attached to an aromatic ring is 1. The van der Waals surface area contributed by atoms with Crippen LogP contribution in [-0.4, -0.2) is 0 Å². The van der Waals surface area contributed by atoms with E-state index in [2.05, 4.69) is 91.0 Å². The summed E-state index contributed by atoms with van der Waals surface area (Å²) in [4.78, 5) is 0. The van der Waals surface area contributed by atoms with Gasteiger partial charge in [0.15, 0.2) is 0 Å². The topological polar surface area (TPSA) is 26.0 Å². The molecule has 0 atom stereocenters. The molecule has 128 valence electrons. The molecule has 0 spiro atoms. The Morgan fingerprint density at radius 1 is 0.370 bits per heavy atom. The first-order valence-electron chi connectivity index (χ1n) is 9.18. The lowest BCUT2D eigenvalue weighted by atomic mass is 9.86. The number of anilines is 1.